The van der Waals surface area contributed by atoms with Crippen LogP contribution in [0.5, 0.6) is 0 Å². The molecule has 86 valence electrons. The normalized spacial score (nSPS) is 10.6. The first kappa shape index (κ1) is 12.3. The van der Waals surface area contributed by atoms with Crippen molar-refractivity contribution in [3.05, 3.63) is 41.5 Å². The lowest BCUT2D eigenvalue weighted by atomic mass is 10.1. The highest BCUT2D eigenvalue weighted by Gasteiger charge is 2.07. The summed E-state index contributed by atoms with van der Waals surface area (Å²) in [6.45, 7) is 4.51. The van der Waals surface area contributed by atoms with E-state index in [1.165, 1.54) is 0 Å². The fraction of sp³-hybridized carbons (Fsp3) is 0.308. The van der Waals surface area contributed by atoms with Gasteiger partial charge in [0.1, 0.15) is 0 Å². The standard InChI is InChI=1S/C13H18N2O/c1-3-4-5-8-15-13(16)12-7-6-11(14)9-10(12)2/h3-4,6-7,9H,5,8,14H2,1-2H3,(H,15,16)/b4-3+. The van der Waals surface area contributed by atoms with Crippen LogP contribution in [-0.2, 0) is 0 Å². The highest BCUT2D eigenvalue weighted by Crippen LogP contribution is 2.12. The molecule has 1 amide bonds. The fourth-order valence-electron chi connectivity index (χ4n) is 1.47. The van der Waals surface area contributed by atoms with E-state index in [2.05, 4.69) is 5.32 Å². The van der Waals surface area contributed by atoms with Crippen molar-refractivity contribution in [2.45, 2.75) is 20.3 Å². The Morgan fingerprint density at radius 3 is 2.88 bits per heavy atom. The SMILES string of the molecule is C/C=C/CCNC(=O)c1ccc(N)cc1C. The van der Waals surface area contributed by atoms with E-state index in [-0.39, 0.29) is 5.91 Å². The molecule has 0 radical (unpaired) electrons. The Hall–Kier alpha value is -1.77. The van der Waals surface area contributed by atoms with Gasteiger partial charge in [-0.2, -0.15) is 0 Å². The molecule has 1 aromatic carbocycles. The number of nitrogen functional groups attached to an aromatic ring is 1. The minimum Gasteiger partial charge on any atom is -0.399 e. The number of benzene rings is 1. The van der Waals surface area contributed by atoms with Crippen molar-refractivity contribution in [1.29, 1.82) is 0 Å². The van der Waals surface area contributed by atoms with Crippen LogP contribution in [0.3, 0.4) is 0 Å². The summed E-state index contributed by atoms with van der Waals surface area (Å²) >= 11 is 0. The van der Waals surface area contributed by atoms with Crippen molar-refractivity contribution in [2.75, 3.05) is 12.3 Å². The molecule has 16 heavy (non-hydrogen) atoms. The van der Waals surface area contributed by atoms with E-state index in [9.17, 15) is 4.79 Å². The van der Waals surface area contributed by atoms with E-state index < -0.39 is 0 Å². The molecule has 0 saturated carbocycles. The summed E-state index contributed by atoms with van der Waals surface area (Å²) in [5.74, 6) is -0.0398. The molecule has 0 atom stereocenters. The molecule has 0 unspecified atom stereocenters. The summed E-state index contributed by atoms with van der Waals surface area (Å²) in [5, 5.41) is 2.86. The molecule has 3 N–H and O–H groups in total. The van der Waals surface area contributed by atoms with E-state index in [1.807, 2.05) is 26.0 Å². The number of carbonyl (C=O) groups is 1. The summed E-state index contributed by atoms with van der Waals surface area (Å²) < 4.78 is 0. The van der Waals surface area contributed by atoms with Gasteiger partial charge in [-0.15, -0.1) is 0 Å². The van der Waals surface area contributed by atoms with E-state index in [1.54, 1.807) is 18.2 Å². The molecular formula is C13H18N2O. The molecule has 1 aromatic rings. The number of hydrogen-bond donors (Lipinski definition) is 2. The predicted molar refractivity (Wildman–Crippen MR) is 67.4 cm³/mol. The van der Waals surface area contributed by atoms with Gasteiger partial charge in [-0.25, -0.2) is 0 Å². The number of allylic oxidation sites excluding steroid dienone is 1. The van der Waals surface area contributed by atoms with Gasteiger partial charge in [0, 0.05) is 17.8 Å². The Morgan fingerprint density at radius 2 is 2.25 bits per heavy atom. The van der Waals surface area contributed by atoms with Crippen molar-refractivity contribution < 1.29 is 4.79 Å². The molecule has 1 rings (SSSR count). The van der Waals surface area contributed by atoms with Crippen molar-refractivity contribution in [3.8, 4) is 0 Å². The van der Waals surface area contributed by atoms with Gasteiger partial charge in [-0.1, -0.05) is 12.2 Å². The van der Waals surface area contributed by atoms with Crippen LogP contribution in [0.15, 0.2) is 30.4 Å². The van der Waals surface area contributed by atoms with Gasteiger partial charge in [0.05, 0.1) is 0 Å². The Morgan fingerprint density at radius 1 is 1.50 bits per heavy atom. The molecule has 0 heterocycles. The van der Waals surface area contributed by atoms with Crippen LogP contribution >= 0.6 is 0 Å². The number of anilines is 1. The molecule has 0 aliphatic carbocycles. The molecule has 0 aliphatic heterocycles. The third-order valence-corrected chi connectivity index (χ3v) is 2.33. The molecule has 0 fully saturated rings. The van der Waals surface area contributed by atoms with Crippen LogP contribution in [0, 0.1) is 6.92 Å². The Balaban J connectivity index is 2.59. The van der Waals surface area contributed by atoms with Gasteiger partial charge < -0.3 is 11.1 Å². The maximum absolute atomic E-state index is 11.8. The number of rotatable bonds is 4. The number of aryl methyl sites for hydroxylation is 1. The summed E-state index contributed by atoms with van der Waals surface area (Å²) in [7, 11) is 0. The van der Waals surface area contributed by atoms with Crippen molar-refractivity contribution in [2.24, 2.45) is 0 Å². The predicted octanol–water partition coefficient (Wildman–Crippen LogP) is 2.27. The lowest BCUT2D eigenvalue weighted by Crippen LogP contribution is -2.24. The largest absolute Gasteiger partial charge is 0.399 e. The lowest BCUT2D eigenvalue weighted by molar-refractivity contribution is 0.0954. The summed E-state index contributed by atoms with van der Waals surface area (Å²) in [6.07, 6.45) is 4.85. The van der Waals surface area contributed by atoms with E-state index in [0.29, 0.717) is 17.8 Å². The first-order valence-electron chi connectivity index (χ1n) is 5.40. The van der Waals surface area contributed by atoms with Crippen LogP contribution in [0.25, 0.3) is 0 Å². The molecule has 0 aliphatic rings. The van der Waals surface area contributed by atoms with Gasteiger partial charge in [-0.3, -0.25) is 4.79 Å². The summed E-state index contributed by atoms with van der Waals surface area (Å²) in [6, 6.07) is 5.31. The second kappa shape index (κ2) is 5.95. The third-order valence-electron chi connectivity index (χ3n) is 2.33. The molecular weight excluding hydrogens is 200 g/mol. The van der Waals surface area contributed by atoms with Gasteiger partial charge in [0.15, 0.2) is 0 Å². The smallest absolute Gasteiger partial charge is 0.251 e. The minimum atomic E-state index is -0.0398. The quantitative estimate of drug-likeness (QED) is 0.463. The monoisotopic (exact) mass is 218 g/mol. The zero-order valence-corrected chi connectivity index (χ0v) is 9.79. The Bertz CT molecular complexity index is 397. The van der Waals surface area contributed by atoms with E-state index in [4.69, 9.17) is 5.73 Å². The highest BCUT2D eigenvalue weighted by atomic mass is 16.1. The second-order valence-electron chi connectivity index (χ2n) is 3.69. The third kappa shape index (κ3) is 3.42. The van der Waals surface area contributed by atoms with Gasteiger partial charge in [0.25, 0.3) is 5.91 Å². The molecule has 0 saturated heterocycles. The van der Waals surface area contributed by atoms with Gasteiger partial charge in [-0.05, 0) is 44.0 Å². The zero-order chi connectivity index (χ0) is 12.0. The van der Waals surface area contributed by atoms with Crippen molar-refractivity contribution in [1.82, 2.24) is 5.32 Å². The minimum absolute atomic E-state index is 0.0398. The average Bonchev–Trinajstić information content (AvgIpc) is 2.24. The lowest BCUT2D eigenvalue weighted by Gasteiger charge is -2.07. The molecule has 3 nitrogen and oxygen atoms in total. The first-order valence-corrected chi connectivity index (χ1v) is 5.40. The van der Waals surface area contributed by atoms with Crippen LogP contribution in [0.1, 0.15) is 29.3 Å². The number of amides is 1. The average molecular weight is 218 g/mol. The summed E-state index contributed by atoms with van der Waals surface area (Å²) in [5.41, 5.74) is 7.91. The van der Waals surface area contributed by atoms with Crippen LogP contribution in [-0.4, -0.2) is 12.5 Å². The van der Waals surface area contributed by atoms with Gasteiger partial charge >= 0.3 is 0 Å². The summed E-state index contributed by atoms with van der Waals surface area (Å²) in [4.78, 5) is 11.8. The fourth-order valence-corrected chi connectivity index (χ4v) is 1.47. The Kier molecular flexibility index (Phi) is 4.58. The van der Waals surface area contributed by atoms with E-state index in [0.717, 1.165) is 12.0 Å². The molecule has 0 spiro atoms. The van der Waals surface area contributed by atoms with Crippen LogP contribution in [0.4, 0.5) is 5.69 Å². The van der Waals surface area contributed by atoms with Gasteiger partial charge in [0.2, 0.25) is 0 Å². The Labute approximate surface area is 96.3 Å². The molecule has 0 aromatic heterocycles. The maximum Gasteiger partial charge on any atom is 0.251 e. The van der Waals surface area contributed by atoms with Crippen molar-refractivity contribution in [3.63, 3.8) is 0 Å². The topological polar surface area (TPSA) is 55.1 Å². The molecule has 3 heteroatoms. The number of nitrogens with one attached hydrogen (secondary N) is 1. The maximum atomic E-state index is 11.8. The van der Waals surface area contributed by atoms with Crippen LogP contribution < -0.4 is 11.1 Å². The number of nitrogens with two attached hydrogens (primary N) is 1. The number of carbonyl (C=O) groups excluding carboxylic acids is 1. The first-order chi connectivity index (χ1) is 7.65. The van der Waals surface area contributed by atoms with Crippen LogP contribution in [0.2, 0.25) is 0 Å². The van der Waals surface area contributed by atoms with E-state index >= 15 is 0 Å². The van der Waals surface area contributed by atoms with Crippen molar-refractivity contribution >= 4 is 11.6 Å². The molecule has 0 bridgehead atoms. The number of hydrogen-bond acceptors (Lipinski definition) is 2. The second-order valence-corrected chi connectivity index (χ2v) is 3.69. The zero-order valence-electron chi connectivity index (χ0n) is 9.79. The highest BCUT2D eigenvalue weighted by molar-refractivity contribution is 5.95.